The first kappa shape index (κ1) is 20.7. The quantitative estimate of drug-likeness (QED) is 0.747. The summed E-state index contributed by atoms with van der Waals surface area (Å²) in [4.78, 5) is 12.5. The van der Waals surface area contributed by atoms with Crippen molar-refractivity contribution in [3.63, 3.8) is 0 Å². The Hall–Kier alpha value is -2.58. The van der Waals surface area contributed by atoms with Crippen LogP contribution in [0.5, 0.6) is 11.5 Å². The van der Waals surface area contributed by atoms with Crippen LogP contribution < -0.4 is 14.8 Å². The predicted octanol–water partition coefficient (Wildman–Crippen LogP) is 2.66. The number of carbonyl (C=O) groups excluding carboxylic acids is 1. The van der Waals surface area contributed by atoms with Crippen molar-refractivity contribution in [1.29, 1.82) is 0 Å². The van der Waals surface area contributed by atoms with Gasteiger partial charge < -0.3 is 14.8 Å². The number of aryl methyl sites for hydroxylation is 1. The highest BCUT2D eigenvalue weighted by atomic mass is 32.2. The molecule has 0 aliphatic carbocycles. The number of methoxy groups -OCH3 is 2. The van der Waals surface area contributed by atoms with Crippen LogP contribution in [0.15, 0.2) is 47.4 Å². The van der Waals surface area contributed by atoms with Crippen LogP contribution in [0.4, 0.5) is 5.69 Å². The third-order valence-electron chi connectivity index (χ3n) is 3.99. The number of ether oxygens (including phenoxy) is 2. The third kappa shape index (κ3) is 4.78. The number of anilines is 1. The fourth-order valence-corrected chi connectivity index (χ4v) is 4.23. The van der Waals surface area contributed by atoms with Gasteiger partial charge in [0.05, 0.1) is 26.5 Å². The minimum absolute atomic E-state index is 0.0388. The lowest BCUT2D eigenvalue weighted by molar-refractivity contribution is -0.116. The Labute approximate surface area is 160 Å². The van der Waals surface area contributed by atoms with E-state index in [9.17, 15) is 13.2 Å². The van der Waals surface area contributed by atoms with Crippen LogP contribution in [0.3, 0.4) is 0 Å². The van der Waals surface area contributed by atoms with Crippen LogP contribution in [-0.4, -0.2) is 45.9 Å². The molecule has 1 N–H and O–H groups in total. The van der Waals surface area contributed by atoms with Crippen LogP contribution >= 0.6 is 0 Å². The van der Waals surface area contributed by atoms with Crippen molar-refractivity contribution < 1.29 is 22.7 Å². The predicted molar refractivity (Wildman–Crippen MR) is 104 cm³/mol. The van der Waals surface area contributed by atoms with Gasteiger partial charge in [-0.3, -0.25) is 4.79 Å². The maximum atomic E-state index is 13.0. The van der Waals surface area contributed by atoms with E-state index in [0.29, 0.717) is 11.4 Å². The number of rotatable bonds is 8. The second-order valence-electron chi connectivity index (χ2n) is 5.83. The van der Waals surface area contributed by atoms with Crippen molar-refractivity contribution >= 4 is 21.6 Å². The molecule has 0 saturated heterocycles. The molecule has 0 aliphatic rings. The van der Waals surface area contributed by atoms with Crippen molar-refractivity contribution in [3.05, 3.63) is 48.0 Å². The molecule has 2 rings (SSSR count). The van der Waals surface area contributed by atoms with E-state index in [0.717, 1.165) is 9.87 Å². The van der Waals surface area contributed by atoms with Gasteiger partial charge in [0.1, 0.15) is 16.4 Å². The Morgan fingerprint density at radius 1 is 1.07 bits per heavy atom. The minimum Gasteiger partial charge on any atom is -0.495 e. The summed E-state index contributed by atoms with van der Waals surface area (Å²) in [6.45, 7) is 3.28. The summed E-state index contributed by atoms with van der Waals surface area (Å²) in [6.07, 6.45) is 0. The maximum absolute atomic E-state index is 13.0. The van der Waals surface area contributed by atoms with Crippen LogP contribution in [-0.2, 0) is 14.8 Å². The number of hydrogen-bond donors (Lipinski definition) is 1. The third-order valence-corrected chi connectivity index (χ3v) is 5.93. The van der Waals surface area contributed by atoms with Gasteiger partial charge in [-0.1, -0.05) is 25.1 Å². The Balaban J connectivity index is 2.25. The SMILES string of the molecule is CCN(CC(=O)Nc1ccccc1OC)S(=O)(=O)c1cc(C)ccc1OC. The summed E-state index contributed by atoms with van der Waals surface area (Å²) in [5, 5.41) is 2.69. The highest BCUT2D eigenvalue weighted by Crippen LogP contribution is 2.28. The van der Waals surface area contributed by atoms with Crippen molar-refractivity contribution in [3.8, 4) is 11.5 Å². The highest BCUT2D eigenvalue weighted by molar-refractivity contribution is 7.89. The first-order valence-corrected chi connectivity index (χ1v) is 9.85. The lowest BCUT2D eigenvalue weighted by Crippen LogP contribution is -2.38. The number of hydrogen-bond acceptors (Lipinski definition) is 5. The van der Waals surface area contributed by atoms with Crippen molar-refractivity contribution in [2.24, 2.45) is 0 Å². The van der Waals surface area contributed by atoms with Crippen LogP contribution in [0.25, 0.3) is 0 Å². The molecule has 0 heterocycles. The zero-order chi connectivity index (χ0) is 20.0. The first-order valence-electron chi connectivity index (χ1n) is 8.41. The summed E-state index contributed by atoms with van der Waals surface area (Å²) in [5.74, 6) is 0.276. The number of carbonyl (C=O) groups is 1. The van der Waals surface area contributed by atoms with E-state index in [1.165, 1.54) is 20.3 Å². The normalized spacial score (nSPS) is 11.3. The van der Waals surface area contributed by atoms with E-state index in [1.807, 2.05) is 0 Å². The molecule has 0 saturated carbocycles. The summed E-state index contributed by atoms with van der Waals surface area (Å²) >= 11 is 0. The number of nitrogens with zero attached hydrogens (tertiary/aromatic N) is 1. The molecular formula is C19H24N2O5S. The maximum Gasteiger partial charge on any atom is 0.247 e. The summed E-state index contributed by atoms with van der Waals surface area (Å²) in [7, 11) is -0.994. The Kier molecular flexibility index (Phi) is 6.81. The number of sulfonamides is 1. The molecule has 146 valence electrons. The molecule has 2 aromatic carbocycles. The van der Waals surface area contributed by atoms with Gasteiger partial charge in [0.25, 0.3) is 0 Å². The molecule has 0 atom stereocenters. The van der Waals surface area contributed by atoms with Crippen molar-refractivity contribution in [1.82, 2.24) is 4.31 Å². The molecule has 0 unspecified atom stereocenters. The monoisotopic (exact) mass is 392 g/mol. The van der Waals surface area contributed by atoms with Crippen LogP contribution in [0, 0.1) is 6.92 Å². The molecule has 0 bridgehead atoms. The van der Waals surface area contributed by atoms with Gasteiger partial charge in [0.15, 0.2) is 0 Å². The van der Waals surface area contributed by atoms with Gasteiger partial charge in [-0.05, 0) is 36.8 Å². The molecule has 27 heavy (non-hydrogen) atoms. The molecule has 2 aromatic rings. The summed E-state index contributed by atoms with van der Waals surface area (Å²) in [6, 6.07) is 11.8. The second kappa shape index (κ2) is 8.88. The molecule has 0 fully saturated rings. The fraction of sp³-hybridized carbons (Fsp3) is 0.316. The van der Waals surface area contributed by atoms with Gasteiger partial charge in [0.2, 0.25) is 15.9 Å². The largest absolute Gasteiger partial charge is 0.495 e. The van der Waals surface area contributed by atoms with E-state index in [1.54, 1.807) is 50.2 Å². The number of nitrogens with one attached hydrogen (secondary N) is 1. The van der Waals surface area contributed by atoms with E-state index < -0.39 is 15.9 Å². The summed E-state index contributed by atoms with van der Waals surface area (Å²) < 4.78 is 37.6. The van der Waals surface area contributed by atoms with Crippen LogP contribution in [0.2, 0.25) is 0 Å². The van der Waals surface area contributed by atoms with E-state index in [2.05, 4.69) is 5.32 Å². The first-order chi connectivity index (χ1) is 12.8. The Morgan fingerprint density at radius 2 is 1.74 bits per heavy atom. The van der Waals surface area contributed by atoms with Crippen molar-refractivity contribution in [2.45, 2.75) is 18.7 Å². The molecule has 7 nitrogen and oxygen atoms in total. The number of likely N-dealkylation sites (N-methyl/N-ethyl adjacent to an activating group) is 1. The van der Waals surface area contributed by atoms with Gasteiger partial charge in [-0.15, -0.1) is 0 Å². The average molecular weight is 392 g/mol. The summed E-state index contributed by atoms with van der Waals surface area (Å²) in [5.41, 5.74) is 1.26. The van der Waals surface area contributed by atoms with E-state index in [-0.39, 0.29) is 23.7 Å². The molecule has 8 heteroatoms. The zero-order valence-corrected chi connectivity index (χ0v) is 16.7. The number of amides is 1. The molecular weight excluding hydrogens is 368 g/mol. The highest BCUT2D eigenvalue weighted by Gasteiger charge is 2.28. The molecule has 0 aromatic heterocycles. The smallest absolute Gasteiger partial charge is 0.247 e. The zero-order valence-electron chi connectivity index (χ0n) is 15.9. The topological polar surface area (TPSA) is 84.9 Å². The Bertz CT molecular complexity index is 912. The lowest BCUT2D eigenvalue weighted by atomic mass is 10.2. The number of para-hydroxylation sites is 2. The lowest BCUT2D eigenvalue weighted by Gasteiger charge is -2.22. The standard InChI is InChI=1S/C19H24N2O5S/c1-5-21(13-19(22)20-15-8-6-7-9-16(15)25-3)27(23,24)18-12-14(2)10-11-17(18)26-4/h6-12H,5,13H2,1-4H3,(H,20,22). The molecule has 0 radical (unpaired) electrons. The van der Waals surface area contributed by atoms with Gasteiger partial charge in [-0.25, -0.2) is 8.42 Å². The van der Waals surface area contributed by atoms with Gasteiger partial charge in [0, 0.05) is 6.54 Å². The second-order valence-corrected chi connectivity index (χ2v) is 7.74. The van der Waals surface area contributed by atoms with Crippen LogP contribution in [0.1, 0.15) is 12.5 Å². The Morgan fingerprint density at radius 3 is 2.37 bits per heavy atom. The molecule has 1 amide bonds. The van der Waals surface area contributed by atoms with E-state index >= 15 is 0 Å². The average Bonchev–Trinajstić information content (AvgIpc) is 2.66. The number of benzene rings is 2. The van der Waals surface area contributed by atoms with Gasteiger partial charge >= 0.3 is 0 Å². The van der Waals surface area contributed by atoms with Gasteiger partial charge in [-0.2, -0.15) is 4.31 Å². The molecule has 0 spiro atoms. The molecule has 0 aliphatic heterocycles. The van der Waals surface area contributed by atoms with Crippen molar-refractivity contribution in [2.75, 3.05) is 32.6 Å². The van der Waals surface area contributed by atoms with E-state index in [4.69, 9.17) is 9.47 Å². The minimum atomic E-state index is -3.90. The fourth-order valence-electron chi connectivity index (χ4n) is 2.59.